The molecule has 1 aliphatic rings. The summed E-state index contributed by atoms with van der Waals surface area (Å²) in [5, 5.41) is 3.32. The van der Waals surface area contributed by atoms with Crippen molar-refractivity contribution in [1.82, 2.24) is 10.2 Å². The molecule has 2 aromatic carbocycles. The molecule has 2 aromatic rings. The highest BCUT2D eigenvalue weighted by molar-refractivity contribution is 5.94. The van der Waals surface area contributed by atoms with E-state index in [1.807, 2.05) is 30.3 Å². The summed E-state index contributed by atoms with van der Waals surface area (Å²) in [5.41, 5.74) is 2.08. The molecular formula is C22H28N2O. The Morgan fingerprint density at radius 1 is 0.960 bits per heavy atom. The van der Waals surface area contributed by atoms with Crippen molar-refractivity contribution in [3.05, 3.63) is 71.8 Å². The number of rotatable bonds is 5. The van der Waals surface area contributed by atoms with Crippen LogP contribution in [-0.2, 0) is 0 Å². The van der Waals surface area contributed by atoms with Gasteiger partial charge in [0.2, 0.25) is 0 Å². The van der Waals surface area contributed by atoms with Crippen molar-refractivity contribution in [3.8, 4) is 0 Å². The third-order valence-corrected chi connectivity index (χ3v) is 5.27. The fourth-order valence-corrected chi connectivity index (χ4v) is 4.14. The van der Waals surface area contributed by atoms with Crippen molar-refractivity contribution >= 4 is 5.91 Å². The highest BCUT2D eigenvalue weighted by Crippen LogP contribution is 2.37. The SMILES string of the molecule is CN(C)C(c1ccccc1)[C@@H]1CCCC[C@H]1NC(=O)c1ccccc1. The first kappa shape index (κ1) is 17.7. The van der Waals surface area contributed by atoms with Gasteiger partial charge in [0.25, 0.3) is 5.91 Å². The van der Waals surface area contributed by atoms with E-state index in [2.05, 4.69) is 54.6 Å². The summed E-state index contributed by atoms with van der Waals surface area (Å²) in [6.45, 7) is 0. The lowest BCUT2D eigenvalue weighted by atomic mass is 9.77. The van der Waals surface area contributed by atoms with Gasteiger partial charge in [0.15, 0.2) is 0 Å². The first-order valence-corrected chi connectivity index (χ1v) is 9.24. The predicted molar refractivity (Wildman–Crippen MR) is 103 cm³/mol. The molecule has 3 nitrogen and oxygen atoms in total. The first-order chi connectivity index (χ1) is 12.2. The second kappa shape index (κ2) is 8.30. The van der Waals surface area contributed by atoms with E-state index in [1.165, 1.54) is 18.4 Å². The molecule has 0 spiro atoms. The molecule has 0 radical (unpaired) electrons. The van der Waals surface area contributed by atoms with E-state index in [1.54, 1.807) is 0 Å². The smallest absolute Gasteiger partial charge is 0.251 e. The quantitative estimate of drug-likeness (QED) is 0.884. The van der Waals surface area contributed by atoms with Gasteiger partial charge in [0.05, 0.1) is 0 Å². The van der Waals surface area contributed by atoms with Crippen LogP contribution in [-0.4, -0.2) is 30.9 Å². The van der Waals surface area contributed by atoms with Crippen molar-refractivity contribution in [2.45, 2.75) is 37.8 Å². The summed E-state index contributed by atoms with van der Waals surface area (Å²) in [5.74, 6) is 0.474. The zero-order valence-electron chi connectivity index (χ0n) is 15.2. The molecule has 25 heavy (non-hydrogen) atoms. The number of amides is 1. The van der Waals surface area contributed by atoms with Gasteiger partial charge < -0.3 is 10.2 Å². The van der Waals surface area contributed by atoms with Crippen LogP contribution >= 0.6 is 0 Å². The summed E-state index contributed by atoms with van der Waals surface area (Å²) < 4.78 is 0. The molecule has 0 aromatic heterocycles. The molecule has 1 unspecified atom stereocenters. The Labute approximate surface area is 151 Å². The number of carbonyl (C=O) groups is 1. The molecule has 0 bridgehead atoms. The van der Waals surface area contributed by atoms with E-state index in [0.717, 1.165) is 18.4 Å². The molecule has 1 aliphatic carbocycles. The van der Waals surface area contributed by atoms with Gasteiger partial charge in [0, 0.05) is 17.6 Å². The molecule has 0 aliphatic heterocycles. The van der Waals surface area contributed by atoms with Gasteiger partial charge in [-0.05, 0) is 50.6 Å². The van der Waals surface area contributed by atoms with Crippen LogP contribution < -0.4 is 5.32 Å². The van der Waals surface area contributed by atoms with Crippen molar-refractivity contribution in [1.29, 1.82) is 0 Å². The topological polar surface area (TPSA) is 32.3 Å². The summed E-state index contributed by atoms with van der Waals surface area (Å²) in [6.07, 6.45) is 4.63. The Balaban J connectivity index is 1.81. The molecule has 0 heterocycles. The van der Waals surface area contributed by atoms with Crippen LogP contribution in [0.4, 0.5) is 0 Å². The second-order valence-electron chi connectivity index (χ2n) is 7.21. The van der Waals surface area contributed by atoms with Gasteiger partial charge in [0.1, 0.15) is 0 Å². The maximum atomic E-state index is 12.7. The molecule has 3 rings (SSSR count). The van der Waals surface area contributed by atoms with Gasteiger partial charge in [-0.15, -0.1) is 0 Å². The second-order valence-corrected chi connectivity index (χ2v) is 7.21. The van der Waals surface area contributed by atoms with E-state index < -0.39 is 0 Å². The molecule has 0 saturated heterocycles. The minimum Gasteiger partial charge on any atom is -0.349 e. The van der Waals surface area contributed by atoms with Crippen molar-refractivity contribution < 1.29 is 4.79 Å². The van der Waals surface area contributed by atoms with E-state index in [0.29, 0.717) is 12.0 Å². The average Bonchev–Trinajstić information content (AvgIpc) is 2.64. The Bertz CT molecular complexity index is 669. The van der Waals surface area contributed by atoms with E-state index in [4.69, 9.17) is 0 Å². The Morgan fingerprint density at radius 2 is 1.56 bits per heavy atom. The minimum absolute atomic E-state index is 0.0445. The first-order valence-electron chi connectivity index (χ1n) is 9.24. The normalized spacial score (nSPS) is 21.7. The molecule has 1 fully saturated rings. The summed E-state index contributed by atoms with van der Waals surface area (Å²) >= 11 is 0. The third-order valence-electron chi connectivity index (χ3n) is 5.27. The zero-order chi connectivity index (χ0) is 17.6. The molecule has 1 amide bonds. The number of hydrogen-bond donors (Lipinski definition) is 1. The highest BCUT2D eigenvalue weighted by Gasteiger charge is 2.34. The third kappa shape index (κ3) is 4.29. The minimum atomic E-state index is 0.0445. The van der Waals surface area contributed by atoms with Crippen LogP contribution in [0, 0.1) is 5.92 Å². The summed E-state index contributed by atoms with van der Waals surface area (Å²) in [6, 6.07) is 20.8. The number of carbonyl (C=O) groups excluding carboxylic acids is 1. The van der Waals surface area contributed by atoms with Crippen LogP contribution in [0.5, 0.6) is 0 Å². The van der Waals surface area contributed by atoms with E-state index in [9.17, 15) is 4.79 Å². The van der Waals surface area contributed by atoms with Crippen LogP contribution in [0.2, 0.25) is 0 Å². The van der Waals surface area contributed by atoms with Gasteiger partial charge in [-0.2, -0.15) is 0 Å². The Kier molecular flexibility index (Phi) is 5.87. The number of nitrogens with one attached hydrogen (secondary N) is 1. The lowest BCUT2D eigenvalue weighted by Crippen LogP contribution is -2.46. The molecule has 1 saturated carbocycles. The van der Waals surface area contributed by atoms with Gasteiger partial charge in [-0.25, -0.2) is 0 Å². The van der Waals surface area contributed by atoms with Gasteiger partial charge in [-0.3, -0.25) is 4.79 Å². The largest absolute Gasteiger partial charge is 0.349 e. The Hall–Kier alpha value is -2.13. The number of nitrogens with zero attached hydrogens (tertiary/aromatic N) is 1. The van der Waals surface area contributed by atoms with Crippen molar-refractivity contribution in [2.75, 3.05) is 14.1 Å². The zero-order valence-corrected chi connectivity index (χ0v) is 15.2. The van der Waals surface area contributed by atoms with Crippen LogP contribution in [0.15, 0.2) is 60.7 Å². The lowest BCUT2D eigenvalue weighted by Gasteiger charge is -2.40. The van der Waals surface area contributed by atoms with Crippen LogP contribution in [0.25, 0.3) is 0 Å². The van der Waals surface area contributed by atoms with Crippen molar-refractivity contribution in [3.63, 3.8) is 0 Å². The lowest BCUT2D eigenvalue weighted by molar-refractivity contribution is 0.0845. The number of hydrogen-bond acceptors (Lipinski definition) is 2. The molecule has 132 valence electrons. The fraction of sp³-hybridized carbons (Fsp3) is 0.409. The molecule has 1 N–H and O–H groups in total. The van der Waals surface area contributed by atoms with Gasteiger partial charge >= 0.3 is 0 Å². The number of benzene rings is 2. The fourth-order valence-electron chi connectivity index (χ4n) is 4.14. The Morgan fingerprint density at radius 3 is 2.20 bits per heavy atom. The van der Waals surface area contributed by atoms with E-state index in [-0.39, 0.29) is 11.9 Å². The van der Waals surface area contributed by atoms with E-state index >= 15 is 0 Å². The molecule has 3 atom stereocenters. The van der Waals surface area contributed by atoms with Crippen LogP contribution in [0.3, 0.4) is 0 Å². The maximum Gasteiger partial charge on any atom is 0.251 e. The monoisotopic (exact) mass is 336 g/mol. The predicted octanol–water partition coefficient (Wildman–Crippen LogP) is 4.28. The summed E-state index contributed by atoms with van der Waals surface area (Å²) in [4.78, 5) is 15.0. The highest BCUT2D eigenvalue weighted by atomic mass is 16.1. The van der Waals surface area contributed by atoms with Crippen LogP contribution in [0.1, 0.15) is 47.6 Å². The summed E-state index contributed by atoms with van der Waals surface area (Å²) in [7, 11) is 4.28. The molecular weight excluding hydrogens is 308 g/mol. The van der Waals surface area contributed by atoms with Crippen molar-refractivity contribution in [2.24, 2.45) is 5.92 Å². The maximum absolute atomic E-state index is 12.7. The van der Waals surface area contributed by atoms with Gasteiger partial charge in [-0.1, -0.05) is 61.4 Å². The average molecular weight is 336 g/mol. The molecule has 3 heteroatoms. The standard InChI is InChI=1S/C22H28N2O/c1-24(2)21(17-11-5-3-6-12-17)19-15-9-10-16-20(19)23-22(25)18-13-7-4-8-14-18/h3-8,11-14,19-21H,9-10,15-16H2,1-2H3,(H,23,25)/t19-,20-,21?/m1/s1.